The normalized spacial score (nSPS) is 15.9. The molecule has 1 fully saturated rings. The van der Waals surface area contributed by atoms with Gasteiger partial charge in [-0.2, -0.15) is 0 Å². The Bertz CT molecular complexity index is 1070. The van der Waals surface area contributed by atoms with Crippen LogP contribution in [0.15, 0.2) is 42.5 Å². The lowest BCUT2D eigenvalue weighted by molar-refractivity contribution is 0.0596. The van der Waals surface area contributed by atoms with Gasteiger partial charge in [0.1, 0.15) is 5.75 Å². The van der Waals surface area contributed by atoms with E-state index >= 15 is 0 Å². The second-order valence-corrected chi connectivity index (χ2v) is 7.93. The Kier molecular flexibility index (Phi) is 5.96. The van der Waals surface area contributed by atoms with Gasteiger partial charge in [-0.15, -0.1) is 0 Å². The zero-order valence-electron chi connectivity index (χ0n) is 16.8. The van der Waals surface area contributed by atoms with Gasteiger partial charge in [-0.05, 0) is 37.1 Å². The van der Waals surface area contributed by atoms with Crippen LogP contribution >= 0.6 is 11.3 Å². The number of carbonyl (C=O) groups excluding carboxylic acids is 2. The highest BCUT2D eigenvalue weighted by atomic mass is 32.1. The zero-order valence-corrected chi connectivity index (χ0v) is 17.6. The number of thiazole rings is 1. The standard InChI is InChI=1S/C22H22N2O5S/c1-27-14-9-10-19-18(12-14)23-22(30-19)24(13-15-6-5-11-29-15)20(25)16-7-3-4-8-17(16)21(26)28-2/h3-4,7-10,12,15H,5-6,11,13H2,1-2H3. The molecule has 0 radical (unpaired) electrons. The average molecular weight is 426 g/mol. The number of benzene rings is 2. The van der Waals surface area contributed by atoms with Crippen molar-refractivity contribution >= 4 is 38.6 Å². The van der Waals surface area contributed by atoms with Gasteiger partial charge in [0.15, 0.2) is 5.13 Å². The summed E-state index contributed by atoms with van der Waals surface area (Å²) in [5, 5.41) is 0.554. The first-order valence-electron chi connectivity index (χ1n) is 9.66. The Labute approximate surface area is 178 Å². The molecule has 4 rings (SSSR count). The molecule has 0 spiro atoms. The van der Waals surface area contributed by atoms with E-state index in [-0.39, 0.29) is 23.1 Å². The van der Waals surface area contributed by atoms with Crippen molar-refractivity contribution in [1.82, 2.24) is 4.98 Å². The largest absolute Gasteiger partial charge is 0.497 e. The fourth-order valence-electron chi connectivity index (χ4n) is 3.48. The molecule has 7 nitrogen and oxygen atoms in total. The minimum atomic E-state index is -0.551. The van der Waals surface area contributed by atoms with Crippen molar-refractivity contribution in [3.63, 3.8) is 0 Å². The summed E-state index contributed by atoms with van der Waals surface area (Å²) in [6.45, 7) is 1.05. The quantitative estimate of drug-likeness (QED) is 0.556. The number of fused-ring (bicyclic) bond motifs is 1. The molecule has 1 aromatic heterocycles. The molecule has 1 aliphatic rings. The molecule has 3 aromatic rings. The van der Waals surface area contributed by atoms with Crippen molar-refractivity contribution in [2.24, 2.45) is 0 Å². The minimum Gasteiger partial charge on any atom is -0.497 e. The van der Waals surface area contributed by atoms with E-state index in [0.717, 1.165) is 23.1 Å². The molecular weight excluding hydrogens is 404 g/mol. The summed E-state index contributed by atoms with van der Waals surface area (Å²) >= 11 is 1.42. The number of aromatic nitrogens is 1. The summed E-state index contributed by atoms with van der Waals surface area (Å²) in [5.74, 6) is -0.157. The highest BCUT2D eigenvalue weighted by Crippen LogP contribution is 2.33. The maximum absolute atomic E-state index is 13.6. The summed E-state index contributed by atoms with van der Waals surface area (Å²) < 4.78 is 16.9. The van der Waals surface area contributed by atoms with E-state index in [1.165, 1.54) is 18.4 Å². The molecule has 8 heteroatoms. The molecule has 1 amide bonds. The maximum atomic E-state index is 13.6. The number of ether oxygens (including phenoxy) is 3. The molecular formula is C22H22N2O5S. The number of hydrogen-bond donors (Lipinski definition) is 0. The van der Waals surface area contributed by atoms with E-state index in [1.807, 2.05) is 18.2 Å². The Morgan fingerprint density at radius 3 is 2.70 bits per heavy atom. The molecule has 1 unspecified atom stereocenters. The van der Waals surface area contributed by atoms with Gasteiger partial charge in [-0.25, -0.2) is 9.78 Å². The molecule has 156 valence electrons. The van der Waals surface area contributed by atoms with Gasteiger partial charge < -0.3 is 14.2 Å². The van der Waals surface area contributed by atoms with Crippen molar-refractivity contribution in [2.75, 3.05) is 32.3 Å². The van der Waals surface area contributed by atoms with Crippen LogP contribution in [0, 0.1) is 0 Å². The van der Waals surface area contributed by atoms with Gasteiger partial charge in [0.25, 0.3) is 5.91 Å². The number of amides is 1. The van der Waals surface area contributed by atoms with Gasteiger partial charge in [0, 0.05) is 12.7 Å². The molecule has 2 aromatic carbocycles. The summed E-state index contributed by atoms with van der Waals surface area (Å²) in [6.07, 6.45) is 1.77. The third kappa shape index (κ3) is 4.01. The highest BCUT2D eigenvalue weighted by molar-refractivity contribution is 7.22. The molecule has 0 N–H and O–H groups in total. The average Bonchev–Trinajstić information content (AvgIpc) is 3.45. The van der Waals surface area contributed by atoms with Crippen LogP contribution in [0.25, 0.3) is 10.2 Å². The summed E-state index contributed by atoms with van der Waals surface area (Å²) in [5.41, 5.74) is 1.25. The highest BCUT2D eigenvalue weighted by Gasteiger charge is 2.29. The number of nitrogens with zero attached hydrogens (tertiary/aromatic N) is 2. The van der Waals surface area contributed by atoms with Crippen LogP contribution in [-0.4, -0.2) is 50.3 Å². The van der Waals surface area contributed by atoms with Gasteiger partial charge in [0.2, 0.25) is 0 Å². The first-order valence-corrected chi connectivity index (χ1v) is 10.5. The summed E-state index contributed by atoms with van der Waals surface area (Å²) in [6, 6.07) is 12.3. The number of esters is 1. The SMILES string of the molecule is COC(=O)c1ccccc1C(=O)N(CC1CCCO1)c1nc2cc(OC)ccc2s1. The van der Waals surface area contributed by atoms with Gasteiger partial charge in [-0.1, -0.05) is 23.5 Å². The lowest BCUT2D eigenvalue weighted by atomic mass is 10.1. The molecule has 0 saturated carbocycles. The van der Waals surface area contributed by atoms with Crippen molar-refractivity contribution in [3.8, 4) is 5.75 Å². The second-order valence-electron chi connectivity index (χ2n) is 6.92. The van der Waals surface area contributed by atoms with Crippen molar-refractivity contribution in [1.29, 1.82) is 0 Å². The third-order valence-electron chi connectivity index (χ3n) is 5.03. The van der Waals surface area contributed by atoms with Crippen molar-refractivity contribution in [2.45, 2.75) is 18.9 Å². The second kappa shape index (κ2) is 8.81. The van der Waals surface area contributed by atoms with Crippen molar-refractivity contribution < 1.29 is 23.8 Å². The maximum Gasteiger partial charge on any atom is 0.338 e. The minimum absolute atomic E-state index is 0.0687. The lowest BCUT2D eigenvalue weighted by Crippen LogP contribution is -2.38. The van der Waals surface area contributed by atoms with E-state index in [0.29, 0.717) is 24.0 Å². The molecule has 1 atom stereocenters. The number of hydrogen-bond acceptors (Lipinski definition) is 7. The fourth-order valence-corrected chi connectivity index (χ4v) is 4.43. The number of rotatable bonds is 6. The van der Waals surface area contributed by atoms with E-state index in [1.54, 1.807) is 36.3 Å². The first-order chi connectivity index (χ1) is 14.6. The van der Waals surface area contributed by atoms with Gasteiger partial charge >= 0.3 is 5.97 Å². The number of methoxy groups -OCH3 is 2. The smallest absolute Gasteiger partial charge is 0.338 e. The van der Waals surface area contributed by atoms with E-state index in [4.69, 9.17) is 14.2 Å². The van der Waals surface area contributed by atoms with Crippen LogP contribution in [0.1, 0.15) is 33.6 Å². The van der Waals surface area contributed by atoms with Gasteiger partial charge in [0.05, 0.1) is 48.2 Å². The third-order valence-corrected chi connectivity index (χ3v) is 6.09. The fraction of sp³-hybridized carbons (Fsp3) is 0.318. The van der Waals surface area contributed by atoms with E-state index < -0.39 is 5.97 Å². The van der Waals surface area contributed by atoms with Crippen LogP contribution in [0.3, 0.4) is 0 Å². The predicted molar refractivity (Wildman–Crippen MR) is 115 cm³/mol. The monoisotopic (exact) mass is 426 g/mol. The zero-order chi connectivity index (χ0) is 21.1. The first kappa shape index (κ1) is 20.3. The topological polar surface area (TPSA) is 78.0 Å². The van der Waals surface area contributed by atoms with Crippen LogP contribution in [0.4, 0.5) is 5.13 Å². The Hall–Kier alpha value is -2.97. The molecule has 2 heterocycles. The van der Waals surface area contributed by atoms with Crippen LogP contribution in [-0.2, 0) is 9.47 Å². The van der Waals surface area contributed by atoms with Crippen LogP contribution in [0.5, 0.6) is 5.75 Å². The Balaban J connectivity index is 1.75. The van der Waals surface area contributed by atoms with Crippen molar-refractivity contribution in [3.05, 3.63) is 53.6 Å². The molecule has 0 aliphatic carbocycles. The number of anilines is 1. The van der Waals surface area contributed by atoms with E-state index in [9.17, 15) is 9.59 Å². The molecule has 1 aliphatic heterocycles. The molecule has 1 saturated heterocycles. The van der Waals surface area contributed by atoms with E-state index in [2.05, 4.69) is 4.98 Å². The summed E-state index contributed by atoms with van der Waals surface area (Å²) in [7, 11) is 2.90. The van der Waals surface area contributed by atoms with Crippen LogP contribution < -0.4 is 9.64 Å². The molecule has 30 heavy (non-hydrogen) atoms. The molecule has 0 bridgehead atoms. The van der Waals surface area contributed by atoms with Crippen LogP contribution in [0.2, 0.25) is 0 Å². The Morgan fingerprint density at radius 2 is 2.00 bits per heavy atom. The van der Waals surface area contributed by atoms with Gasteiger partial charge in [-0.3, -0.25) is 9.69 Å². The number of carbonyl (C=O) groups is 2. The predicted octanol–water partition coefficient (Wildman–Crippen LogP) is 3.92. The lowest BCUT2D eigenvalue weighted by Gasteiger charge is -2.23. The summed E-state index contributed by atoms with van der Waals surface area (Å²) in [4.78, 5) is 32.1. The Morgan fingerprint density at radius 1 is 1.20 bits per heavy atom.